The van der Waals surface area contributed by atoms with Gasteiger partial charge in [-0.05, 0) is 42.8 Å². The highest BCUT2D eigenvalue weighted by Gasteiger charge is 2.38. The van der Waals surface area contributed by atoms with Gasteiger partial charge in [0.25, 0.3) is 0 Å². The molecule has 0 unspecified atom stereocenters. The first kappa shape index (κ1) is 26.8. The van der Waals surface area contributed by atoms with E-state index < -0.39 is 18.1 Å². The van der Waals surface area contributed by atoms with Crippen molar-refractivity contribution in [1.29, 1.82) is 0 Å². The molecule has 0 bridgehead atoms. The van der Waals surface area contributed by atoms with E-state index in [4.69, 9.17) is 21.5 Å². The van der Waals surface area contributed by atoms with Crippen molar-refractivity contribution in [3.63, 3.8) is 0 Å². The van der Waals surface area contributed by atoms with Crippen molar-refractivity contribution >= 4 is 46.5 Å². The van der Waals surface area contributed by atoms with Crippen molar-refractivity contribution in [2.24, 2.45) is 0 Å². The van der Waals surface area contributed by atoms with E-state index in [1.807, 2.05) is 18.2 Å². The normalized spacial score (nSPS) is 13.6. The maximum Gasteiger partial charge on any atom is 0.490 e. The fourth-order valence-corrected chi connectivity index (χ4v) is 3.54. The summed E-state index contributed by atoms with van der Waals surface area (Å²) in [5, 5.41) is 20.0. The third-order valence-corrected chi connectivity index (χ3v) is 5.16. The van der Waals surface area contributed by atoms with E-state index in [1.165, 1.54) is 18.6 Å². The van der Waals surface area contributed by atoms with E-state index in [2.05, 4.69) is 22.0 Å². The molecular formula is C22H23ClF3N3O5. The Morgan fingerprint density at radius 2 is 1.47 bits per heavy atom. The zero-order chi connectivity index (χ0) is 25.6. The van der Waals surface area contributed by atoms with Crippen LogP contribution in [0.2, 0.25) is 5.02 Å². The van der Waals surface area contributed by atoms with Gasteiger partial charge in [0.05, 0.1) is 11.3 Å². The lowest BCUT2D eigenvalue weighted by molar-refractivity contribution is -0.192. The first-order chi connectivity index (χ1) is 15.8. The van der Waals surface area contributed by atoms with Crippen LogP contribution in [0.3, 0.4) is 0 Å². The van der Waals surface area contributed by atoms with Crippen molar-refractivity contribution in [3.05, 3.63) is 52.5 Å². The van der Waals surface area contributed by atoms with Crippen molar-refractivity contribution in [3.8, 4) is 0 Å². The molecule has 0 spiro atoms. The molecular weight excluding hydrogens is 479 g/mol. The number of hydrogen-bond donors (Lipinski definition) is 3. The summed E-state index contributed by atoms with van der Waals surface area (Å²) in [5.41, 5.74) is 3.62. The molecule has 1 aliphatic rings. The molecule has 1 aliphatic heterocycles. The largest absolute Gasteiger partial charge is 0.490 e. The van der Waals surface area contributed by atoms with Crippen LogP contribution in [0.1, 0.15) is 22.8 Å². The van der Waals surface area contributed by atoms with E-state index in [0.29, 0.717) is 29.5 Å². The minimum absolute atomic E-state index is 0.189. The molecule has 1 saturated heterocycles. The number of nitrogens with zero attached hydrogens (tertiary/aromatic N) is 2. The molecule has 3 N–H and O–H groups in total. The maximum atomic E-state index is 11.7. The predicted octanol–water partition coefficient (Wildman–Crippen LogP) is 4.26. The Hall–Kier alpha value is -3.47. The number of carbonyl (C=O) groups excluding carboxylic acids is 1. The van der Waals surface area contributed by atoms with Gasteiger partial charge in [-0.15, -0.1) is 0 Å². The molecule has 0 aromatic heterocycles. The van der Waals surface area contributed by atoms with Crippen LogP contribution in [-0.2, 0) is 9.59 Å². The number of amides is 1. The Morgan fingerprint density at radius 3 is 1.94 bits per heavy atom. The van der Waals surface area contributed by atoms with Crippen LogP contribution in [0.25, 0.3) is 0 Å². The van der Waals surface area contributed by atoms with Gasteiger partial charge >= 0.3 is 18.1 Å². The number of aliphatic carboxylic acids is 1. The number of anilines is 3. The van der Waals surface area contributed by atoms with Gasteiger partial charge in [-0.3, -0.25) is 4.79 Å². The summed E-state index contributed by atoms with van der Waals surface area (Å²) in [6.07, 6.45) is -5.08. The maximum absolute atomic E-state index is 11.7. The van der Waals surface area contributed by atoms with E-state index in [0.717, 1.165) is 18.8 Å². The number of hydrogen-bond acceptors (Lipinski definition) is 5. The average Bonchev–Trinajstić information content (AvgIpc) is 2.75. The van der Waals surface area contributed by atoms with Gasteiger partial charge in [0.15, 0.2) is 0 Å². The first-order valence-electron chi connectivity index (χ1n) is 10.0. The van der Waals surface area contributed by atoms with Crippen molar-refractivity contribution in [2.75, 3.05) is 41.3 Å². The summed E-state index contributed by atoms with van der Waals surface area (Å²) in [6, 6.07) is 10.9. The Labute approximate surface area is 198 Å². The second-order valence-electron chi connectivity index (χ2n) is 7.43. The summed E-state index contributed by atoms with van der Waals surface area (Å²) in [4.78, 5) is 36.2. The SMILES string of the molecule is CC(=O)Nc1ccc(N2CCN(c3cc(Cl)ccc3C)CC2)c(C(=O)O)c1.O=C(O)C(F)(F)F. The molecule has 0 aliphatic carbocycles. The van der Waals surface area contributed by atoms with Crippen molar-refractivity contribution in [1.82, 2.24) is 0 Å². The molecule has 1 amide bonds. The van der Waals surface area contributed by atoms with Gasteiger partial charge in [0.2, 0.25) is 5.91 Å². The molecule has 1 heterocycles. The minimum Gasteiger partial charge on any atom is -0.478 e. The van der Waals surface area contributed by atoms with Gasteiger partial charge < -0.3 is 25.3 Å². The lowest BCUT2D eigenvalue weighted by Gasteiger charge is -2.38. The highest BCUT2D eigenvalue weighted by molar-refractivity contribution is 6.30. The number of halogens is 4. The predicted molar refractivity (Wildman–Crippen MR) is 122 cm³/mol. The van der Waals surface area contributed by atoms with Crippen LogP contribution in [-0.4, -0.2) is 60.4 Å². The molecule has 0 saturated carbocycles. The zero-order valence-electron chi connectivity index (χ0n) is 18.3. The number of carboxylic acid groups (broad SMARTS) is 2. The summed E-state index contributed by atoms with van der Waals surface area (Å²) < 4.78 is 31.7. The van der Waals surface area contributed by atoms with Crippen LogP contribution < -0.4 is 15.1 Å². The first-order valence-corrected chi connectivity index (χ1v) is 10.4. The molecule has 0 radical (unpaired) electrons. The summed E-state index contributed by atoms with van der Waals surface area (Å²) in [6.45, 7) is 6.39. The standard InChI is InChI=1S/C20H22ClN3O3.C2HF3O2/c1-13-3-4-15(21)11-19(13)24-9-7-23(8-10-24)18-6-5-16(22-14(2)25)12-17(18)20(26)27;3-2(4,5)1(6)7/h3-6,11-12H,7-10H2,1-2H3,(H,22,25)(H,26,27);(H,6,7). The Kier molecular flexibility index (Phi) is 8.74. The summed E-state index contributed by atoms with van der Waals surface area (Å²) in [5.74, 6) is -4.00. The Balaban J connectivity index is 0.000000509. The zero-order valence-corrected chi connectivity index (χ0v) is 19.1. The second kappa shape index (κ2) is 11.1. The molecule has 3 rings (SSSR count). The number of alkyl halides is 3. The number of aryl methyl sites for hydroxylation is 1. The molecule has 12 heteroatoms. The smallest absolute Gasteiger partial charge is 0.478 e. The van der Waals surface area contributed by atoms with Crippen LogP contribution in [0, 0.1) is 6.92 Å². The van der Waals surface area contributed by atoms with Gasteiger partial charge in [0.1, 0.15) is 0 Å². The van der Waals surface area contributed by atoms with E-state index in [9.17, 15) is 27.9 Å². The molecule has 34 heavy (non-hydrogen) atoms. The van der Waals surface area contributed by atoms with Gasteiger partial charge in [-0.25, -0.2) is 9.59 Å². The third kappa shape index (κ3) is 7.27. The second-order valence-corrected chi connectivity index (χ2v) is 7.86. The minimum atomic E-state index is -5.08. The fourth-order valence-electron chi connectivity index (χ4n) is 3.38. The van der Waals surface area contributed by atoms with Crippen LogP contribution in [0.5, 0.6) is 0 Å². The number of rotatable bonds is 4. The molecule has 184 valence electrons. The quantitative estimate of drug-likeness (QED) is 0.574. The van der Waals surface area contributed by atoms with E-state index >= 15 is 0 Å². The average molecular weight is 502 g/mol. The van der Waals surface area contributed by atoms with Crippen LogP contribution in [0.15, 0.2) is 36.4 Å². The Morgan fingerprint density at radius 1 is 0.941 bits per heavy atom. The highest BCUT2D eigenvalue weighted by Crippen LogP contribution is 2.29. The van der Waals surface area contributed by atoms with E-state index in [-0.39, 0.29) is 11.5 Å². The van der Waals surface area contributed by atoms with Crippen LogP contribution in [0.4, 0.5) is 30.2 Å². The van der Waals surface area contributed by atoms with Gasteiger partial charge in [-0.1, -0.05) is 17.7 Å². The number of nitrogens with one attached hydrogen (secondary N) is 1. The van der Waals surface area contributed by atoms with Crippen molar-refractivity contribution in [2.45, 2.75) is 20.0 Å². The summed E-state index contributed by atoms with van der Waals surface area (Å²) >= 11 is 6.13. The van der Waals surface area contributed by atoms with Crippen molar-refractivity contribution < 1.29 is 37.8 Å². The third-order valence-electron chi connectivity index (χ3n) is 4.92. The molecule has 0 atom stereocenters. The number of aromatic carboxylic acids is 1. The highest BCUT2D eigenvalue weighted by atomic mass is 35.5. The Bertz CT molecular complexity index is 1070. The summed E-state index contributed by atoms with van der Waals surface area (Å²) in [7, 11) is 0. The number of carboxylic acids is 2. The number of piperazine rings is 1. The monoisotopic (exact) mass is 501 g/mol. The molecule has 2 aromatic carbocycles. The number of carbonyl (C=O) groups is 3. The molecule has 1 fully saturated rings. The topological polar surface area (TPSA) is 110 Å². The number of benzene rings is 2. The van der Waals surface area contributed by atoms with Crippen LogP contribution >= 0.6 is 11.6 Å². The van der Waals surface area contributed by atoms with Gasteiger partial charge in [0, 0.05) is 49.5 Å². The van der Waals surface area contributed by atoms with E-state index in [1.54, 1.807) is 12.1 Å². The molecule has 8 nitrogen and oxygen atoms in total. The lowest BCUT2D eigenvalue weighted by atomic mass is 10.1. The molecule has 2 aromatic rings. The lowest BCUT2D eigenvalue weighted by Crippen LogP contribution is -2.47. The van der Waals surface area contributed by atoms with Gasteiger partial charge in [-0.2, -0.15) is 13.2 Å². The fraction of sp³-hybridized carbons (Fsp3) is 0.318.